The first kappa shape index (κ1) is 22.8. The van der Waals surface area contributed by atoms with Crippen LogP contribution >= 0.6 is 23.4 Å². The summed E-state index contributed by atoms with van der Waals surface area (Å²) in [6.45, 7) is 1.95. The van der Waals surface area contributed by atoms with E-state index >= 15 is 0 Å². The number of hydrogen-bond acceptors (Lipinski definition) is 3. The van der Waals surface area contributed by atoms with Crippen molar-refractivity contribution in [2.45, 2.75) is 61.9 Å². The maximum atomic E-state index is 13.0. The van der Waals surface area contributed by atoms with Gasteiger partial charge in [0.15, 0.2) is 0 Å². The van der Waals surface area contributed by atoms with Crippen molar-refractivity contribution in [1.29, 1.82) is 0 Å². The van der Waals surface area contributed by atoms with Crippen LogP contribution in [0.3, 0.4) is 0 Å². The highest BCUT2D eigenvalue weighted by atomic mass is 35.5. The molecule has 4 aliphatic carbocycles. The largest absolute Gasteiger partial charge is 0.350 e. The Balaban J connectivity index is 1.20. The molecule has 4 fully saturated rings. The third-order valence-electron chi connectivity index (χ3n) is 7.65. The first-order chi connectivity index (χ1) is 15.9. The first-order valence-corrected chi connectivity index (χ1v) is 13.3. The van der Waals surface area contributed by atoms with Crippen LogP contribution in [0.5, 0.6) is 0 Å². The van der Waals surface area contributed by atoms with Crippen molar-refractivity contribution in [3.8, 4) is 0 Å². The Hall–Kier alpha value is -1.98. The first-order valence-electron chi connectivity index (χ1n) is 12.0. The minimum Gasteiger partial charge on any atom is -0.350 e. The fourth-order valence-electron chi connectivity index (χ4n) is 6.63. The predicted molar refractivity (Wildman–Crippen MR) is 134 cm³/mol. The van der Waals surface area contributed by atoms with E-state index in [9.17, 15) is 9.59 Å². The van der Waals surface area contributed by atoms with E-state index in [0.717, 1.165) is 47.5 Å². The predicted octanol–water partition coefficient (Wildman–Crippen LogP) is 6.01. The third kappa shape index (κ3) is 5.09. The number of halogens is 1. The van der Waals surface area contributed by atoms with Gasteiger partial charge in [-0.1, -0.05) is 35.9 Å². The van der Waals surface area contributed by atoms with Crippen LogP contribution in [0.25, 0.3) is 0 Å². The number of thioether (sulfide) groups is 1. The maximum absolute atomic E-state index is 13.0. The Bertz CT molecular complexity index is 1000. The zero-order chi connectivity index (χ0) is 23.0. The van der Waals surface area contributed by atoms with E-state index in [-0.39, 0.29) is 23.4 Å². The summed E-state index contributed by atoms with van der Waals surface area (Å²) in [7, 11) is 0. The minimum atomic E-state index is -0.146. The third-order valence-corrected chi connectivity index (χ3v) is 8.98. The molecule has 6 heteroatoms. The summed E-state index contributed by atoms with van der Waals surface area (Å²) >= 11 is 7.42. The average Bonchev–Trinajstić information content (AvgIpc) is 2.77. The molecule has 0 heterocycles. The van der Waals surface area contributed by atoms with E-state index in [1.165, 1.54) is 31.0 Å². The van der Waals surface area contributed by atoms with Crippen molar-refractivity contribution in [1.82, 2.24) is 10.6 Å². The molecular weight excluding hydrogens is 452 g/mol. The molecule has 6 rings (SSSR count). The van der Waals surface area contributed by atoms with Crippen LogP contribution in [-0.4, -0.2) is 23.1 Å². The zero-order valence-corrected chi connectivity index (χ0v) is 20.6. The lowest BCUT2D eigenvalue weighted by molar-refractivity contribution is -0.124. The van der Waals surface area contributed by atoms with Crippen molar-refractivity contribution >= 4 is 35.2 Å². The van der Waals surface area contributed by atoms with E-state index in [4.69, 9.17) is 11.6 Å². The Labute approximate surface area is 205 Å². The molecule has 1 unspecified atom stereocenters. The van der Waals surface area contributed by atoms with Crippen LogP contribution in [0.2, 0.25) is 5.02 Å². The van der Waals surface area contributed by atoms with Crippen LogP contribution in [-0.2, 0) is 4.79 Å². The second-order valence-electron chi connectivity index (χ2n) is 10.3. The quantitative estimate of drug-likeness (QED) is 0.475. The molecule has 4 bridgehead atoms. The van der Waals surface area contributed by atoms with Crippen LogP contribution < -0.4 is 10.6 Å². The van der Waals surface area contributed by atoms with Gasteiger partial charge in [0, 0.05) is 15.5 Å². The molecule has 1 atom stereocenters. The molecule has 0 saturated heterocycles. The highest BCUT2D eigenvalue weighted by Gasteiger charge is 2.51. The molecule has 33 heavy (non-hydrogen) atoms. The summed E-state index contributed by atoms with van der Waals surface area (Å²) in [4.78, 5) is 26.8. The standard InChI is InChI=1S/C27H31ClN2O2S/c1-17(21-6-8-22(28)9-7-21)29-26(32)23-4-2-3-5-24(23)33-16-25(31)30-27-13-18-10-19(14-27)12-20(11-18)15-27/h2-9,17-20H,10-16H2,1H3,(H,29,32)(H,30,31). The lowest BCUT2D eigenvalue weighted by Crippen LogP contribution is -2.60. The van der Waals surface area contributed by atoms with Gasteiger partial charge in [-0.25, -0.2) is 0 Å². The van der Waals surface area contributed by atoms with Crippen molar-refractivity contribution in [2.24, 2.45) is 17.8 Å². The fraction of sp³-hybridized carbons (Fsp3) is 0.481. The Morgan fingerprint density at radius 3 is 2.24 bits per heavy atom. The van der Waals surface area contributed by atoms with Gasteiger partial charge < -0.3 is 10.6 Å². The van der Waals surface area contributed by atoms with Crippen LogP contribution in [0.4, 0.5) is 0 Å². The highest BCUT2D eigenvalue weighted by Crippen LogP contribution is 2.55. The van der Waals surface area contributed by atoms with E-state index in [1.54, 1.807) is 0 Å². The number of benzene rings is 2. The molecule has 0 aliphatic heterocycles. The summed E-state index contributed by atoms with van der Waals surface area (Å²) in [5, 5.41) is 7.17. The number of rotatable bonds is 7. The molecule has 2 aromatic carbocycles. The minimum absolute atomic E-state index is 0.0251. The zero-order valence-electron chi connectivity index (χ0n) is 19.0. The fourth-order valence-corrected chi connectivity index (χ4v) is 7.60. The molecule has 4 nitrogen and oxygen atoms in total. The number of hydrogen-bond donors (Lipinski definition) is 2. The lowest BCUT2D eigenvalue weighted by atomic mass is 9.53. The monoisotopic (exact) mass is 482 g/mol. The summed E-state index contributed by atoms with van der Waals surface area (Å²) in [6, 6.07) is 14.9. The summed E-state index contributed by atoms with van der Waals surface area (Å²) < 4.78 is 0. The summed E-state index contributed by atoms with van der Waals surface area (Å²) in [5.41, 5.74) is 1.62. The van der Waals surface area contributed by atoms with Gasteiger partial charge in [0.05, 0.1) is 17.4 Å². The molecule has 0 aromatic heterocycles. The molecular formula is C27H31ClN2O2S. The molecule has 4 aliphatic rings. The Kier molecular flexibility index (Phi) is 6.45. The van der Waals surface area contributed by atoms with Crippen LogP contribution in [0.1, 0.15) is 67.4 Å². The van der Waals surface area contributed by atoms with Gasteiger partial charge in [0.1, 0.15) is 0 Å². The van der Waals surface area contributed by atoms with Gasteiger partial charge in [-0.2, -0.15) is 0 Å². The van der Waals surface area contributed by atoms with Crippen molar-refractivity contribution in [2.75, 3.05) is 5.75 Å². The van der Waals surface area contributed by atoms with Gasteiger partial charge in [0.25, 0.3) is 5.91 Å². The molecule has 174 valence electrons. The SMILES string of the molecule is CC(NC(=O)c1ccccc1SCC(=O)NC12CC3CC(CC(C3)C1)C2)c1ccc(Cl)cc1. The smallest absolute Gasteiger partial charge is 0.252 e. The van der Waals surface area contributed by atoms with Gasteiger partial charge in [0.2, 0.25) is 5.91 Å². The van der Waals surface area contributed by atoms with Crippen molar-refractivity contribution < 1.29 is 9.59 Å². The highest BCUT2D eigenvalue weighted by molar-refractivity contribution is 8.00. The Morgan fingerprint density at radius 1 is 1.00 bits per heavy atom. The lowest BCUT2D eigenvalue weighted by Gasteiger charge is -2.56. The second kappa shape index (κ2) is 9.34. The van der Waals surface area contributed by atoms with Gasteiger partial charge >= 0.3 is 0 Å². The second-order valence-corrected chi connectivity index (χ2v) is 11.7. The van der Waals surface area contributed by atoms with E-state index in [0.29, 0.717) is 16.3 Å². The van der Waals surface area contributed by atoms with Crippen LogP contribution in [0, 0.1) is 17.8 Å². The normalized spacial score (nSPS) is 28.4. The van der Waals surface area contributed by atoms with Crippen LogP contribution in [0.15, 0.2) is 53.4 Å². The van der Waals surface area contributed by atoms with Crippen molar-refractivity contribution in [3.63, 3.8) is 0 Å². The molecule has 2 N–H and O–H groups in total. The number of carbonyl (C=O) groups excluding carboxylic acids is 2. The summed E-state index contributed by atoms with van der Waals surface area (Å²) in [6.07, 6.45) is 7.54. The number of amides is 2. The van der Waals surface area contributed by atoms with Crippen molar-refractivity contribution in [3.05, 3.63) is 64.7 Å². The maximum Gasteiger partial charge on any atom is 0.252 e. The van der Waals surface area contributed by atoms with Gasteiger partial charge in [-0.3, -0.25) is 9.59 Å². The van der Waals surface area contributed by atoms with E-state index in [2.05, 4.69) is 10.6 Å². The summed E-state index contributed by atoms with van der Waals surface area (Å²) in [5.74, 6) is 2.69. The van der Waals surface area contributed by atoms with Gasteiger partial charge in [-0.15, -0.1) is 11.8 Å². The molecule has 0 radical (unpaired) electrons. The number of nitrogens with one attached hydrogen (secondary N) is 2. The number of carbonyl (C=O) groups is 2. The molecule has 2 amide bonds. The Morgan fingerprint density at radius 2 is 1.61 bits per heavy atom. The van der Waals surface area contributed by atoms with Gasteiger partial charge in [-0.05, 0) is 93.0 Å². The molecule has 0 spiro atoms. The average molecular weight is 483 g/mol. The molecule has 4 saturated carbocycles. The van der Waals surface area contributed by atoms with E-state index in [1.807, 2.05) is 55.5 Å². The van der Waals surface area contributed by atoms with E-state index < -0.39 is 0 Å². The molecule has 2 aromatic rings. The topological polar surface area (TPSA) is 58.2 Å².